The van der Waals surface area contributed by atoms with Gasteiger partial charge in [-0.1, -0.05) is 136 Å². The fourth-order valence-corrected chi connectivity index (χ4v) is 12.7. The van der Waals surface area contributed by atoms with E-state index in [1.54, 1.807) is 0 Å². The first-order chi connectivity index (χ1) is 27.9. The quantitative estimate of drug-likeness (QED) is 0.0506. The fourth-order valence-electron chi connectivity index (χ4n) is 12.7. The minimum absolute atomic E-state index is 0.140. The molecule has 7 heteroatoms. The third-order valence-electron chi connectivity index (χ3n) is 16.3. The molecule has 0 bridgehead atoms. The Morgan fingerprint density at radius 2 is 1.50 bits per heavy atom. The van der Waals surface area contributed by atoms with Gasteiger partial charge < -0.3 is 29.5 Å². The Kier molecular flexibility index (Phi) is 19.2. The SMILES string of the molecule is CCCCCCCCC=CCCCCCCCC(=O)OC[C@H]1O[C@@H](OC2CC[C@@]3(C)C(=CC[C@H]4[C@@H]5CC[C@H]([C@H](C)CCCC(C)C)[C@@]5(C)CC[C@@H]43)C2)[C@H](O)[C@@H](O)[C@H]1O. The van der Waals surface area contributed by atoms with Crippen LogP contribution in [0.2, 0.25) is 0 Å². The van der Waals surface area contributed by atoms with Gasteiger partial charge >= 0.3 is 5.97 Å². The number of aliphatic hydroxyl groups excluding tert-OH is 3. The lowest BCUT2D eigenvalue weighted by molar-refractivity contribution is -0.313. The summed E-state index contributed by atoms with van der Waals surface area (Å²) < 4.78 is 18.0. The second kappa shape index (κ2) is 23.3. The lowest BCUT2D eigenvalue weighted by atomic mass is 9.47. The molecule has 4 fully saturated rings. The number of carbonyl (C=O) groups excluding carboxylic acids is 1. The number of allylic oxidation sites excluding steroid dienone is 3. The molecule has 7 nitrogen and oxygen atoms in total. The van der Waals surface area contributed by atoms with Crippen molar-refractivity contribution in [3.63, 3.8) is 0 Å². The maximum absolute atomic E-state index is 12.6. The summed E-state index contributed by atoms with van der Waals surface area (Å²) in [5.41, 5.74) is 2.14. The van der Waals surface area contributed by atoms with Crippen LogP contribution in [0, 0.1) is 46.3 Å². The zero-order chi connectivity index (χ0) is 41.7. The summed E-state index contributed by atoms with van der Waals surface area (Å²) in [6.07, 6.45) is 30.2. The number of hydrogen-bond donors (Lipinski definition) is 3. The molecule has 1 heterocycles. The van der Waals surface area contributed by atoms with Gasteiger partial charge in [-0.2, -0.15) is 0 Å². The highest BCUT2D eigenvalue weighted by Crippen LogP contribution is 2.67. The van der Waals surface area contributed by atoms with E-state index in [4.69, 9.17) is 14.2 Å². The van der Waals surface area contributed by atoms with E-state index in [9.17, 15) is 20.1 Å². The maximum Gasteiger partial charge on any atom is 0.305 e. The van der Waals surface area contributed by atoms with E-state index in [1.165, 1.54) is 102 Å². The minimum Gasteiger partial charge on any atom is -0.463 e. The molecule has 0 spiro atoms. The molecule has 3 N–H and O–H groups in total. The van der Waals surface area contributed by atoms with E-state index >= 15 is 0 Å². The Labute approximate surface area is 354 Å². The first-order valence-corrected chi connectivity index (χ1v) is 24.7. The summed E-state index contributed by atoms with van der Waals surface area (Å²) in [6.45, 7) is 14.5. The molecule has 3 saturated carbocycles. The van der Waals surface area contributed by atoms with Gasteiger partial charge in [-0.15, -0.1) is 0 Å². The van der Waals surface area contributed by atoms with Crippen molar-refractivity contribution in [1.82, 2.24) is 0 Å². The predicted molar refractivity (Wildman–Crippen MR) is 235 cm³/mol. The molecule has 5 aliphatic rings. The van der Waals surface area contributed by atoms with E-state index in [2.05, 4.69) is 59.8 Å². The molecule has 1 saturated heterocycles. The van der Waals surface area contributed by atoms with Crippen LogP contribution in [-0.2, 0) is 19.0 Å². The van der Waals surface area contributed by atoms with E-state index in [-0.39, 0.29) is 24.1 Å². The Balaban J connectivity index is 1.01. The maximum atomic E-state index is 12.6. The third kappa shape index (κ3) is 12.4. The first kappa shape index (κ1) is 47.8. The van der Waals surface area contributed by atoms with Crippen molar-refractivity contribution in [3.8, 4) is 0 Å². The number of hydrogen-bond acceptors (Lipinski definition) is 7. The molecule has 0 aromatic carbocycles. The highest BCUT2D eigenvalue weighted by molar-refractivity contribution is 5.69. The lowest BCUT2D eigenvalue weighted by Gasteiger charge is -2.58. The summed E-state index contributed by atoms with van der Waals surface area (Å²) >= 11 is 0. The third-order valence-corrected chi connectivity index (χ3v) is 16.3. The van der Waals surface area contributed by atoms with Gasteiger partial charge in [0.1, 0.15) is 31.0 Å². The monoisotopic (exact) mass is 813 g/mol. The van der Waals surface area contributed by atoms with Crippen LogP contribution in [0.5, 0.6) is 0 Å². The van der Waals surface area contributed by atoms with Crippen LogP contribution in [0.4, 0.5) is 0 Å². The van der Waals surface area contributed by atoms with Gasteiger partial charge in [0.25, 0.3) is 0 Å². The van der Waals surface area contributed by atoms with Crippen LogP contribution < -0.4 is 0 Å². The highest BCUT2D eigenvalue weighted by Gasteiger charge is 2.59. The summed E-state index contributed by atoms with van der Waals surface area (Å²) in [6, 6.07) is 0. The van der Waals surface area contributed by atoms with Crippen molar-refractivity contribution in [3.05, 3.63) is 23.8 Å². The molecular weight excluding hydrogens is 725 g/mol. The molecule has 0 radical (unpaired) electrons. The van der Waals surface area contributed by atoms with Gasteiger partial charge in [0.2, 0.25) is 0 Å². The standard InChI is InChI=1S/C51H88O7/c1-7-8-9-10-11-12-13-14-15-16-17-18-19-20-21-25-45(52)56-35-44-46(53)47(54)48(55)49(58-44)57-39-30-32-50(5)38(34-39)26-27-40-42-29-28-41(37(4)24-22-23-36(2)3)51(42,6)33-31-43(40)50/h14-15,26,36-37,39-44,46-49,53-55H,7-13,16-25,27-35H2,1-6H3/t37-,39?,40+,41-,42+,43+,44-,46+,47+,48-,49-,50+,51-/m1/s1. The van der Waals surface area contributed by atoms with E-state index in [0.29, 0.717) is 17.8 Å². The molecule has 4 aliphatic carbocycles. The van der Waals surface area contributed by atoms with Crippen LogP contribution in [0.25, 0.3) is 0 Å². The average Bonchev–Trinajstić information content (AvgIpc) is 3.56. The lowest BCUT2D eigenvalue weighted by Crippen LogP contribution is -2.60. The molecule has 0 aromatic rings. The summed E-state index contributed by atoms with van der Waals surface area (Å²) in [4.78, 5) is 12.6. The Hall–Kier alpha value is -1.25. The van der Waals surface area contributed by atoms with Crippen LogP contribution in [0.3, 0.4) is 0 Å². The average molecular weight is 813 g/mol. The zero-order valence-corrected chi connectivity index (χ0v) is 38.0. The molecular formula is C51H88O7. The van der Waals surface area contributed by atoms with Gasteiger partial charge in [-0.05, 0) is 130 Å². The topological polar surface area (TPSA) is 105 Å². The molecule has 13 atom stereocenters. The predicted octanol–water partition coefficient (Wildman–Crippen LogP) is 11.8. The molecule has 5 rings (SSSR count). The van der Waals surface area contributed by atoms with Gasteiger partial charge in [0.05, 0.1) is 6.10 Å². The minimum atomic E-state index is -1.44. The zero-order valence-electron chi connectivity index (χ0n) is 38.0. The largest absolute Gasteiger partial charge is 0.463 e. The number of carbonyl (C=O) groups is 1. The van der Waals surface area contributed by atoms with Gasteiger partial charge in [-0.3, -0.25) is 4.79 Å². The van der Waals surface area contributed by atoms with Crippen molar-refractivity contribution >= 4 is 5.97 Å². The Morgan fingerprint density at radius 3 is 2.21 bits per heavy atom. The van der Waals surface area contributed by atoms with E-state index in [0.717, 1.165) is 87.4 Å². The number of ether oxygens (including phenoxy) is 3. The number of rotatable bonds is 24. The van der Waals surface area contributed by atoms with Crippen LogP contribution in [-0.4, -0.2) is 64.7 Å². The summed E-state index contributed by atoms with van der Waals surface area (Å²) in [7, 11) is 0. The Bertz CT molecular complexity index is 1280. The first-order valence-electron chi connectivity index (χ1n) is 24.7. The molecule has 58 heavy (non-hydrogen) atoms. The number of unbranched alkanes of at least 4 members (excludes halogenated alkanes) is 11. The highest BCUT2D eigenvalue weighted by atomic mass is 16.7. The molecule has 334 valence electrons. The van der Waals surface area contributed by atoms with Gasteiger partial charge in [0.15, 0.2) is 6.29 Å². The normalized spacial score (nSPS) is 36.7. The molecule has 1 unspecified atom stereocenters. The smallest absolute Gasteiger partial charge is 0.305 e. The number of aliphatic hydroxyl groups is 3. The van der Waals surface area contributed by atoms with Crippen molar-refractivity contribution in [2.75, 3.05) is 6.61 Å². The second-order valence-corrected chi connectivity index (χ2v) is 20.8. The second-order valence-electron chi connectivity index (χ2n) is 20.8. The summed E-state index contributed by atoms with van der Waals surface area (Å²) in [5.74, 6) is 4.43. The van der Waals surface area contributed by atoms with Crippen LogP contribution >= 0.6 is 0 Å². The van der Waals surface area contributed by atoms with Gasteiger partial charge in [0, 0.05) is 6.42 Å². The molecule has 1 aliphatic heterocycles. The molecule has 0 aromatic heterocycles. The van der Waals surface area contributed by atoms with E-state index in [1.807, 2.05) is 0 Å². The van der Waals surface area contributed by atoms with Crippen molar-refractivity contribution in [1.29, 1.82) is 0 Å². The van der Waals surface area contributed by atoms with Gasteiger partial charge in [-0.25, -0.2) is 0 Å². The number of fused-ring (bicyclic) bond motifs is 5. The summed E-state index contributed by atoms with van der Waals surface area (Å²) in [5, 5.41) is 32.5. The van der Waals surface area contributed by atoms with Crippen LogP contribution in [0.15, 0.2) is 23.8 Å². The van der Waals surface area contributed by atoms with E-state index < -0.39 is 30.7 Å². The van der Waals surface area contributed by atoms with Crippen molar-refractivity contribution in [2.24, 2.45) is 46.3 Å². The number of esters is 1. The molecule has 0 amide bonds. The van der Waals surface area contributed by atoms with Crippen LogP contribution in [0.1, 0.15) is 202 Å². The van der Waals surface area contributed by atoms with Crippen molar-refractivity contribution < 1.29 is 34.3 Å². The fraction of sp³-hybridized carbons (Fsp3) is 0.902. The Morgan fingerprint density at radius 1 is 0.810 bits per heavy atom. The van der Waals surface area contributed by atoms with Crippen molar-refractivity contribution in [2.45, 2.75) is 239 Å².